The van der Waals surface area contributed by atoms with Gasteiger partial charge in [0.2, 0.25) is 16.9 Å². The molecule has 0 bridgehead atoms. The molecule has 1 saturated heterocycles. The summed E-state index contributed by atoms with van der Waals surface area (Å²) < 4.78 is 4.70. The Morgan fingerprint density at radius 2 is 2.08 bits per heavy atom. The summed E-state index contributed by atoms with van der Waals surface area (Å²) in [7, 11) is 0. The van der Waals surface area contributed by atoms with Gasteiger partial charge in [0.1, 0.15) is 10.1 Å². The molecule has 10 heteroatoms. The fourth-order valence-electron chi connectivity index (χ4n) is 2.47. The van der Waals surface area contributed by atoms with Crippen LogP contribution < -0.4 is 5.32 Å². The number of nitrogens with one attached hydrogen (secondary N) is 1. The third kappa shape index (κ3) is 6.10. The second-order valence-electron chi connectivity index (χ2n) is 6.02. The molecule has 0 saturated carbocycles. The van der Waals surface area contributed by atoms with E-state index in [-0.39, 0.29) is 29.3 Å². The van der Waals surface area contributed by atoms with Crippen LogP contribution in [-0.2, 0) is 20.8 Å². The number of hydrogen-bond donors (Lipinski definition) is 1. The first-order chi connectivity index (χ1) is 12.4. The molecule has 1 aromatic heterocycles. The standard InChI is InChI=1S/C16H22N4O3S3/c1-3-11-14(23)20(16(24)25-11)8-6-4-5-7-13(22)18-15-17-12(19-26-15)9-10(2)21/h11H,3-9H2,1-2H3,(H,17,18,19,22). The maximum Gasteiger partial charge on any atom is 0.241 e. The van der Waals surface area contributed by atoms with E-state index < -0.39 is 0 Å². The summed E-state index contributed by atoms with van der Waals surface area (Å²) in [5.41, 5.74) is 0. The van der Waals surface area contributed by atoms with Crippen LogP contribution in [0.3, 0.4) is 0 Å². The number of carbonyl (C=O) groups is 3. The van der Waals surface area contributed by atoms with Gasteiger partial charge >= 0.3 is 0 Å². The molecule has 142 valence electrons. The fraction of sp³-hybridized carbons (Fsp3) is 0.625. The second-order valence-corrected chi connectivity index (χ2v) is 8.61. The van der Waals surface area contributed by atoms with Crippen molar-refractivity contribution in [3.05, 3.63) is 5.82 Å². The maximum atomic E-state index is 12.1. The van der Waals surface area contributed by atoms with Gasteiger partial charge in [-0.25, -0.2) is 4.98 Å². The van der Waals surface area contributed by atoms with Gasteiger partial charge in [-0.2, -0.15) is 4.37 Å². The molecule has 1 fully saturated rings. The van der Waals surface area contributed by atoms with E-state index in [2.05, 4.69) is 14.7 Å². The molecule has 7 nitrogen and oxygen atoms in total. The third-order valence-electron chi connectivity index (χ3n) is 3.78. The quantitative estimate of drug-likeness (QED) is 0.465. The van der Waals surface area contributed by atoms with Crippen molar-refractivity contribution in [2.45, 2.75) is 57.6 Å². The Morgan fingerprint density at radius 1 is 1.31 bits per heavy atom. The number of thiocarbonyl (C=S) groups is 1. The third-order valence-corrected chi connectivity index (χ3v) is 6.20. The number of aromatic nitrogens is 2. The molecule has 26 heavy (non-hydrogen) atoms. The Labute approximate surface area is 166 Å². The van der Waals surface area contributed by atoms with Crippen LogP contribution in [0, 0.1) is 0 Å². The Hall–Kier alpha value is -1.39. The van der Waals surface area contributed by atoms with Gasteiger partial charge in [0.15, 0.2) is 5.82 Å². The van der Waals surface area contributed by atoms with E-state index in [0.29, 0.717) is 28.2 Å². The summed E-state index contributed by atoms with van der Waals surface area (Å²) in [6, 6.07) is 0. The molecular formula is C16H22N4O3S3. The van der Waals surface area contributed by atoms with Gasteiger partial charge in [-0.05, 0) is 26.2 Å². The lowest BCUT2D eigenvalue weighted by molar-refractivity contribution is -0.126. The lowest BCUT2D eigenvalue weighted by Gasteiger charge is -2.15. The molecule has 1 atom stereocenters. The first kappa shape index (κ1) is 20.9. The number of nitrogens with zero attached hydrogens (tertiary/aromatic N) is 3. The smallest absolute Gasteiger partial charge is 0.241 e. The molecule has 1 aliphatic heterocycles. The summed E-state index contributed by atoms with van der Waals surface area (Å²) in [6.07, 6.45) is 3.74. The van der Waals surface area contributed by atoms with E-state index in [9.17, 15) is 14.4 Å². The van der Waals surface area contributed by atoms with Crippen LogP contribution in [0.15, 0.2) is 0 Å². The molecule has 1 N–H and O–H groups in total. The van der Waals surface area contributed by atoms with Crippen molar-refractivity contribution >= 4 is 62.6 Å². The highest BCUT2D eigenvalue weighted by atomic mass is 32.2. The minimum absolute atomic E-state index is 0.0136. The van der Waals surface area contributed by atoms with E-state index in [0.717, 1.165) is 37.2 Å². The molecular weight excluding hydrogens is 392 g/mol. The number of Topliss-reactive ketones (excluding diaryl/α,β-unsaturated/α-hetero) is 1. The Kier molecular flexibility index (Phi) is 8.11. The van der Waals surface area contributed by atoms with Crippen LogP contribution in [0.1, 0.15) is 51.8 Å². The summed E-state index contributed by atoms with van der Waals surface area (Å²) in [6.45, 7) is 4.08. The highest BCUT2D eigenvalue weighted by Gasteiger charge is 2.34. The normalized spacial score (nSPS) is 17.0. The van der Waals surface area contributed by atoms with Crippen molar-refractivity contribution in [3.63, 3.8) is 0 Å². The van der Waals surface area contributed by atoms with Crippen LogP contribution in [0.25, 0.3) is 0 Å². The summed E-state index contributed by atoms with van der Waals surface area (Å²) in [4.78, 5) is 40.9. The Balaban J connectivity index is 1.63. The minimum atomic E-state index is -0.120. The molecule has 2 heterocycles. The topological polar surface area (TPSA) is 92.3 Å². The highest BCUT2D eigenvalue weighted by Crippen LogP contribution is 2.29. The lowest BCUT2D eigenvalue weighted by Crippen LogP contribution is -2.32. The molecule has 0 spiro atoms. The molecule has 0 radical (unpaired) electrons. The first-order valence-electron chi connectivity index (χ1n) is 8.54. The van der Waals surface area contributed by atoms with Crippen molar-refractivity contribution in [1.82, 2.24) is 14.3 Å². The zero-order valence-electron chi connectivity index (χ0n) is 14.8. The van der Waals surface area contributed by atoms with Crippen molar-refractivity contribution < 1.29 is 14.4 Å². The van der Waals surface area contributed by atoms with Crippen molar-refractivity contribution in [2.75, 3.05) is 11.9 Å². The molecule has 0 aliphatic carbocycles. The number of thioether (sulfide) groups is 1. The van der Waals surface area contributed by atoms with Crippen LogP contribution in [0.2, 0.25) is 0 Å². The van der Waals surface area contributed by atoms with Crippen molar-refractivity contribution in [1.29, 1.82) is 0 Å². The summed E-state index contributed by atoms with van der Waals surface area (Å²) in [5.74, 6) is 0.412. The van der Waals surface area contributed by atoms with Crippen molar-refractivity contribution in [2.24, 2.45) is 0 Å². The van der Waals surface area contributed by atoms with E-state index >= 15 is 0 Å². The Bertz CT molecular complexity index is 692. The number of rotatable bonds is 10. The van der Waals surface area contributed by atoms with E-state index in [1.807, 2.05) is 6.92 Å². The van der Waals surface area contributed by atoms with Crippen LogP contribution in [0.4, 0.5) is 5.13 Å². The zero-order chi connectivity index (χ0) is 19.1. The van der Waals surface area contributed by atoms with E-state index in [1.54, 1.807) is 4.90 Å². The van der Waals surface area contributed by atoms with Gasteiger partial charge in [-0.15, -0.1) is 0 Å². The summed E-state index contributed by atoms with van der Waals surface area (Å²) >= 11 is 7.80. The van der Waals surface area contributed by atoms with Gasteiger partial charge < -0.3 is 5.32 Å². The molecule has 1 aliphatic rings. The lowest BCUT2D eigenvalue weighted by atomic mass is 10.2. The van der Waals surface area contributed by atoms with Gasteiger partial charge in [-0.3, -0.25) is 19.3 Å². The fourth-order valence-corrected chi connectivity index (χ4v) is 4.55. The van der Waals surface area contributed by atoms with Crippen molar-refractivity contribution in [3.8, 4) is 0 Å². The van der Waals surface area contributed by atoms with Gasteiger partial charge in [0, 0.05) is 24.5 Å². The van der Waals surface area contributed by atoms with E-state index in [1.165, 1.54) is 18.7 Å². The number of anilines is 1. The number of carbonyl (C=O) groups excluding carboxylic acids is 3. The minimum Gasteiger partial charge on any atom is -0.301 e. The molecule has 2 rings (SSSR count). The average Bonchev–Trinajstić information content (AvgIpc) is 3.11. The van der Waals surface area contributed by atoms with E-state index in [4.69, 9.17) is 12.2 Å². The highest BCUT2D eigenvalue weighted by molar-refractivity contribution is 8.24. The van der Waals surface area contributed by atoms with Crippen LogP contribution in [0.5, 0.6) is 0 Å². The Morgan fingerprint density at radius 3 is 2.73 bits per heavy atom. The zero-order valence-corrected chi connectivity index (χ0v) is 17.3. The summed E-state index contributed by atoms with van der Waals surface area (Å²) in [5, 5.41) is 3.09. The molecule has 0 aromatic carbocycles. The van der Waals surface area contributed by atoms with Crippen LogP contribution in [-0.4, -0.2) is 48.0 Å². The number of unbranched alkanes of at least 4 members (excludes halogenated alkanes) is 2. The number of ketones is 1. The molecule has 1 aromatic rings. The predicted octanol–water partition coefficient (Wildman–Crippen LogP) is 2.81. The molecule has 2 amide bonds. The molecule has 1 unspecified atom stereocenters. The predicted molar refractivity (Wildman–Crippen MR) is 107 cm³/mol. The number of amides is 2. The maximum absolute atomic E-state index is 12.1. The largest absolute Gasteiger partial charge is 0.301 e. The SMILES string of the molecule is CCC1SC(=S)N(CCCCCC(=O)Nc2nc(CC(C)=O)ns2)C1=O. The van der Waals surface area contributed by atoms with Gasteiger partial charge in [0.25, 0.3) is 0 Å². The second kappa shape index (κ2) is 10.1. The first-order valence-corrected chi connectivity index (χ1v) is 10.6. The monoisotopic (exact) mass is 414 g/mol. The van der Waals surface area contributed by atoms with Crippen LogP contribution >= 0.6 is 35.5 Å². The average molecular weight is 415 g/mol. The van der Waals surface area contributed by atoms with Gasteiger partial charge in [-0.1, -0.05) is 37.3 Å². The van der Waals surface area contributed by atoms with Gasteiger partial charge in [0.05, 0.1) is 11.7 Å². The number of hydrogen-bond acceptors (Lipinski definition) is 8.